The van der Waals surface area contributed by atoms with Crippen LogP contribution < -0.4 is 10.6 Å². The molecule has 0 fully saturated rings. The molecule has 0 saturated heterocycles. The summed E-state index contributed by atoms with van der Waals surface area (Å²) >= 11 is 6.61. The Morgan fingerprint density at radius 1 is 1.29 bits per heavy atom. The number of amides is 1. The maximum absolute atomic E-state index is 12.4. The van der Waals surface area contributed by atoms with Gasteiger partial charge in [0.2, 0.25) is 0 Å². The first-order valence-corrected chi connectivity index (χ1v) is 7.48. The standard InChI is InChI=1S/C14H10Br2N4O/c1-18-13-11(4-10(16)7-19-13)14(21)20-12-5-9(15)3-2-8(12)6-17/h2-5,7H,1H3,(H,18,19)(H,20,21). The molecule has 0 unspecified atom stereocenters. The first kappa shape index (κ1) is 15.5. The lowest BCUT2D eigenvalue weighted by molar-refractivity contribution is 0.102. The van der Waals surface area contributed by atoms with Crippen molar-refractivity contribution in [2.24, 2.45) is 0 Å². The van der Waals surface area contributed by atoms with Gasteiger partial charge < -0.3 is 10.6 Å². The van der Waals surface area contributed by atoms with E-state index in [1.165, 1.54) is 0 Å². The largest absolute Gasteiger partial charge is 0.372 e. The molecule has 0 radical (unpaired) electrons. The number of nitrogens with one attached hydrogen (secondary N) is 2. The Kier molecular flexibility index (Phi) is 4.94. The molecule has 106 valence electrons. The van der Waals surface area contributed by atoms with E-state index in [9.17, 15) is 4.79 Å². The van der Waals surface area contributed by atoms with Crippen LogP contribution in [0.4, 0.5) is 11.5 Å². The van der Waals surface area contributed by atoms with Crippen LogP contribution in [0.5, 0.6) is 0 Å². The average Bonchev–Trinajstić information content (AvgIpc) is 2.47. The molecule has 1 heterocycles. The molecule has 0 saturated carbocycles. The lowest BCUT2D eigenvalue weighted by atomic mass is 10.1. The average molecular weight is 410 g/mol. The summed E-state index contributed by atoms with van der Waals surface area (Å²) in [6, 6.07) is 8.77. The number of anilines is 2. The van der Waals surface area contributed by atoms with E-state index in [0.717, 1.165) is 4.47 Å². The SMILES string of the molecule is CNc1ncc(Br)cc1C(=O)Nc1cc(Br)ccc1C#N. The lowest BCUT2D eigenvalue weighted by Gasteiger charge is -2.10. The molecule has 0 aliphatic heterocycles. The van der Waals surface area contributed by atoms with Gasteiger partial charge in [-0.2, -0.15) is 5.26 Å². The van der Waals surface area contributed by atoms with Crippen molar-refractivity contribution in [3.05, 3.63) is 50.5 Å². The Morgan fingerprint density at radius 3 is 2.71 bits per heavy atom. The number of hydrogen-bond acceptors (Lipinski definition) is 4. The monoisotopic (exact) mass is 408 g/mol. The maximum Gasteiger partial charge on any atom is 0.259 e. The van der Waals surface area contributed by atoms with Crippen LogP contribution >= 0.6 is 31.9 Å². The van der Waals surface area contributed by atoms with E-state index < -0.39 is 0 Å². The number of carbonyl (C=O) groups is 1. The van der Waals surface area contributed by atoms with Crippen LogP contribution in [0.25, 0.3) is 0 Å². The van der Waals surface area contributed by atoms with Crippen molar-refractivity contribution in [3.8, 4) is 6.07 Å². The molecule has 0 spiro atoms. The summed E-state index contributed by atoms with van der Waals surface area (Å²) in [6.45, 7) is 0. The number of rotatable bonds is 3. The Balaban J connectivity index is 2.37. The second kappa shape index (κ2) is 6.70. The van der Waals surface area contributed by atoms with E-state index in [4.69, 9.17) is 5.26 Å². The van der Waals surface area contributed by atoms with Crippen LogP contribution in [0.2, 0.25) is 0 Å². The van der Waals surface area contributed by atoms with Gasteiger partial charge in [0.1, 0.15) is 11.9 Å². The molecule has 1 aromatic carbocycles. The fraction of sp³-hybridized carbons (Fsp3) is 0.0714. The van der Waals surface area contributed by atoms with Crippen LogP contribution in [0.3, 0.4) is 0 Å². The van der Waals surface area contributed by atoms with Gasteiger partial charge in [0.25, 0.3) is 5.91 Å². The summed E-state index contributed by atoms with van der Waals surface area (Å²) in [5.41, 5.74) is 1.22. The van der Waals surface area contributed by atoms with Crippen molar-refractivity contribution in [2.75, 3.05) is 17.7 Å². The number of carbonyl (C=O) groups excluding carboxylic acids is 1. The second-order valence-electron chi connectivity index (χ2n) is 4.06. The second-order valence-corrected chi connectivity index (χ2v) is 5.89. The molecular formula is C14H10Br2N4O. The number of hydrogen-bond donors (Lipinski definition) is 2. The smallest absolute Gasteiger partial charge is 0.259 e. The summed E-state index contributed by atoms with van der Waals surface area (Å²) in [4.78, 5) is 16.5. The zero-order valence-electron chi connectivity index (χ0n) is 10.9. The Morgan fingerprint density at radius 2 is 2.05 bits per heavy atom. The van der Waals surface area contributed by atoms with Crippen LogP contribution in [-0.4, -0.2) is 17.9 Å². The number of aromatic nitrogens is 1. The number of pyridine rings is 1. The first-order valence-electron chi connectivity index (χ1n) is 5.89. The third-order valence-electron chi connectivity index (χ3n) is 2.69. The van der Waals surface area contributed by atoms with Crippen LogP contribution in [0.1, 0.15) is 15.9 Å². The highest BCUT2D eigenvalue weighted by atomic mass is 79.9. The molecule has 7 heteroatoms. The molecule has 21 heavy (non-hydrogen) atoms. The minimum atomic E-state index is -0.345. The Hall–Kier alpha value is -1.91. The van der Waals surface area contributed by atoms with Crippen LogP contribution in [0.15, 0.2) is 39.4 Å². The highest BCUT2D eigenvalue weighted by Crippen LogP contribution is 2.23. The third-order valence-corrected chi connectivity index (χ3v) is 3.61. The molecule has 2 aromatic rings. The van der Waals surface area contributed by atoms with E-state index in [1.807, 2.05) is 6.07 Å². The summed E-state index contributed by atoms with van der Waals surface area (Å²) in [5.74, 6) is 0.118. The molecule has 0 bridgehead atoms. The van der Waals surface area contributed by atoms with Gasteiger partial charge in [0.05, 0.1) is 16.8 Å². The predicted molar refractivity (Wildman–Crippen MR) is 88.3 cm³/mol. The van der Waals surface area contributed by atoms with Crippen molar-refractivity contribution in [3.63, 3.8) is 0 Å². The van der Waals surface area contributed by atoms with E-state index in [2.05, 4.69) is 47.5 Å². The van der Waals surface area contributed by atoms with Crippen molar-refractivity contribution in [1.82, 2.24) is 4.98 Å². The van der Waals surface area contributed by atoms with Crippen molar-refractivity contribution in [1.29, 1.82) is 5.26 Å². The molecule has 2 N–H and O–H groups in total. The molecule has 0 atom stereocenters. The van der Waals surface area contributed by atoms with Crippen molar-refractivity contribution < 1.29 is 4.79 Å². The van der Waals surface area contributed by atoms with Crippen molar-refractivity contribution in [2.45, 2.75) is 0 Å². The van der Waals surface area contributed by atoms with E-state index in [1.54, 1.807) is 37.5 Å². The molecule has 0 aliphatic carbocycles. The molecule has 5 nitrogen and oxygen atoms in total. The zero-order valence-corrected chi connectivity index (χ0v) is 14.1. The van der Waals surface area contributed by atoms with Gasteiger partial charge in [-0.15, -0.1) is 0 Å². The van der Waals surface area contributed by atoms with E-state index >= 15 is 0 Å². The summed E-state index contributed by atoms with van der Waals surface area (Å²) < 4.78 is 1.47. The normalized spacial score (nSPS) is 9.81. The highest BCUT2D eigenvalue weighted by Gasteiger charge is 2.14. The minimum absolute atomic E-state index is 0.345. The van der Waals surface area contributed by atoms with Gasteiger partial charge in [-0.3, -0.25) is 4.79 Å². The van der Waals surface area contributed by atoms with Crippen LogP contribution in [-0.2, 0) is 0 Å². The Labute approximate surface area is 138 Å². The van der Waals surface area contributed by atoms with E-state index in [0.29, 0.717) is 27.1 Å². The number of nitriles is 1. The van der Waals surface area contributed by atoms with Gasteiger partial charge in [-0.1, -0.05) is 15.9 Å². The fourth-order valence-corrected chi connectivity index (χ4v) is 2.41. The molecule has 0 aliphatic rings. The van der Waals surface area contributed by atoms with Gasteiger partial charge in [0, 0.05) is 22.2 Å². The highest BCUT2D eigenvalue weighted by molar-refractivity contribution is 9.10. The topological polar surface area (TPSA) is 77.8 Å². The van der Waals surface area contributed by atoms with Gasteiger partial charge in [0.15, 0.2) is 0 Å². The number of benzene rings is 1. The summed E-state index contributed by atoms with van der Waals surface area (Å²) in [5, 5.41) is 14.7. The van der Waals surface area contributed by atoms with Gasteiger partial charge >= 0.3 is 0 Å². The minimum Gasteiger partial charge on any atom is -0.372 e. The van der Waals surface area contributed by atoms with Gasteiger partial charge in [-0.25, -0.2) is 4.98 Å². The molecule has 1 amide bonds. The van der Waals surface area contributed by atoms with Crippen LogP contribution in [0, 0.1) is 11.3 Å². The molecular weight excluding hydrogens is 400 g/mol. The maximum atomic E-state index is 12.4. The van der Waals surface area contributed by atoms with E-state index in [-0.39, 0.29) is 5.91 Å². The van der Waals surface area contributed by atoms with Crippen molar-refractivity contribution >= 4 is 49.3 Å². The first-order chi connectivity index (χ1) is 10.0. The Bertz CT molecular complexity index is 740. The molecule has 1 aromatic heterocycles. The number of halogens is 2. The quantitative estimate of drug-likeness (QED) is 0.808. The number of nitrogens with zero attached hydrogens (tertiary/aromatic N) is 2. The summed E-state index contributed by atoms with van der Waals surface area (Å²) in [7, 11) is 1.69. The molecule has 2 rings (SSSR count). The lowest BCUT2D eigenvalue weighted by Crippen LogP contribution is -2.15. The predicted octanol–water partition coefficient (Wildman–Crippen LogP) is 3.77. The summed E-state index contributed by atoms with van der Waals surface area (Å²) in [6.07, 6.45) is 1.60. The van der Waals surface area contributed by atoms with Gasteiger partial charge in [-0.05, 0) is 40.2 Å². The third kappa shape index (κ3) is 3.60. The fourth-order valence-electron chi connectivity index (χ4n) is 1.72. The zero-order chi connectivity index (χ0) is 15.4.